The summed E-state index contributed by atoms with van der Waals surface area (Å²) in [4.78, 5) is 33.9. The van der Waals surface area contributed by atoms with Crippen molar-refractivity contribution >= 4 is 28.7 Å². The molecule has 1 aliphatic rings. The van der Waals surface area contributed by atoms with Crippen LogP contribution in [0, 0.1) is 0 Å². The molecule has 142 valence electrons. The number of hydrogen-bond donors (Lipinski definition) is 2. The number of nitrogens with one attached hydrogen (secondary N) is 2. The van der Waals surface area contributed by atoms with Gasteiger partial charge < -0.3 is 10.2 Å². The second-order valence-corrected chi connectivity index (χ2v) is 7.08. The summed E-state index contributed by atoms with van der Waals surface area (Å²) < 4.78 is 3.24. The van der Waals surface area contributed by atoms with Crippen LogP contribution in [0.15, 0.2) is 33.9 Å². The molecule has 3 heterocycles. The van der Waals surface area contributed by atoms with Gasteiger partial charge in [0.15, 0.2) is 11.2 Å². The topological polar surface area (TPSA) is 87.9 Å². The molecule has 1 aromatic carbocycles. The van der Waals surface area contributed by atoms with E-state index in [0.717, 1.165) is 38.2 Å². The fourth-order valence-electron chi connectivity index (χ4n) is 3.46. The molecule has 9 heteroatoms. The average Bonchev–Trinajstić information content (AvgIpc) is 2.83. The Kier molecular flexibility index (Phi) is 4.75. The minimum atomic E-state index is -0.473. The summed E-state index contributed by atoms with van der Waals surface area (Å²) in [5, 5.41) is 4.00. The fraction of sp³-hybridized carbons (Fsp3) is 0.389. The highest BCUT2D eigenvalue weighted by atomic mass is 35.5. The molecule has 0 saturated carbocycles. The number of H-pyrrole nitrogens is 1. The Hall–Kier alpha value is -2.58. The molecule has 0 unspecified atom stereocenters. The third kappa shape index (κ3) is 3.26. The monoisotopic (exact) mass is 388 g/mol. The van der Waals surface area contributed by atoms with E-state index in [0.29, 0.717) is 28.7 Å². The first-order valence-corrected chi connectivity index (χ1v) is 9.32. The first-order valence-electron chi connectivity index (χ1n) is 8.95. The number of fused-ring (bicyclic) bond motifs is 1. The number of imidazole rings is 1. The second-order valence-electron chi connectivity index (χ2n) is 6.67. The SMILES string of the molecule is Cn1c(=O)[nH]c(=O)c2c1nc(N1CCCNCC1)n2Cc1ccccc1Cl. The van der Waals surface area contributed by atoms with Crippen molar-refractivity contribution in [3.8, 4) is 0 Å². The predicted molar refractivity (Wildman–Crippen MR) is 106 cm³/mol. The summed E-state index contributed by atoms with van der Waals surface area (Å²) in [6, 6.07) is 7.54. The van der Waals surface area contributed by atoms with Crippen LogP contribution in [0.5, 0.6) is 0 Å². The number of hydrogen-bond acceptors (Lipinski definition) is 5. The molecule has 2 aromatic heterocycles. The van der Waals surface area contributed by atoms with Crippen molar-refractivity contribution in [3.63, 3.8) is 0 Å². The van der Waals surface area contributed by atoms with E-state index in [2.05, 4.69) is 20.2 Å². The van der Waals surface area contributed by atoms with Crippen LogP contribution in [-0.4, -0.2) is 45.3 Å². The number of aromatic nitrogens is 4. The van der Waals surface area contributed by atoms with Crippen molar-refractivity contribution in [2.45, 2.75) is 13.0 Å². The van der Waals surface area contributed by atoms with Gasteiger partial charge in [-0.25, -0.2) is 4.79 Å². The van der Waals surface area contributed by atoms with E-state index >= 15 is 0 Å². The highest BCUT2D eigenvalue weighted by Crippen LogP contribution is 2.24. The largest absolute Gasteiger partial charge is 0.341 e. The van der Waals surface area contributed by atoms with Gasteiger partial charge in [0.05, 0.1) is 6.54 Å². The van der Waals surface area contributed by atoms with Crippen LogP contribution in [0.1, 0.15) is 12.0 Å². The summed E-state index contributed by atoms with van der Waals surface area (Å²) in [6.45, 7) is 3.78. The zero-order valence-electron chi connectivity index (χ0n) is 15.0. The van der Waals surface area contributed by atoms with Crippen LogP contribution < -0.4 is 21.5 Å². The van der Waals surface area contributed by atoms with E-state index in [9.17, 15) is 9.59 Å². The zero-order chi connectivity index (χ0) is 19.0. The average molecular weight is 389 g/mol. The third-order valence-electron chi connectivity index (χ3n) is 4.90. The molecule has 1 aliphatic heterocycles. The van der Waals surface area contributed by atoms with Gasteiger partial charge in [-0.05, 0) is 24.6 Å². The minimum Gasteiger partial charge on any atom is -0.341 e. The molecule has 0 radical (unpaired) electrons. The molecule has 3 aromatic rings. The summed E-state index contributed by atoms with van der Waals surface area (Å²) in [7, 11) is 1.61. The number of rotatable bonds is 3. The van der Waals surface area contributed by atoms with Crippen LogP contribution in [0.4, 0.5) is 5.95 Å². The van der Waals surface area contributed by atoms with Gasteiger partial charge in [0.25, 0.3) is 5.56 Å². The lowest BCUT2D eigenvalue weighted by atomic mass is 10.2. The Labute approximate surface area is 160 Å². The first-order chi connectivity index (χ1) is 13.1. The van der Waals surface area contributed by atoms with E-state index in [-0.39, 0.29) is 0 Å². The Bertz CT molecular complexity index is 1090. The molecule has 0 atom stereocenters. The van der Waals surface area contributed by atoms with E-state index in [1.165, 1.54) is 4.57 Å². The number of aryl methyl sites for hydroxylation is 1. The Morgan fingerprint density at radius 1 is 1.19 bits per heavy atom. The highest BCUT2D eigenvalue weighted by Gasteiger charge is 2.22. The van der Waals surface area contributed by atoms with E-state index < -0.39 is 11.2 Å². The van der Waals surface area contributed by atoms with Crippen LogP contribution in [0.2, 0.25) is 5.02 Å². The Morgan fingerprint density at radius 2 is 2.00 bits per heavy atom. The van der Waals surface area contributed by atoms with Crippen molar-refractivity contribution < 1.29 is 0 Å². The molecule has 1 saturated heterocycles. The van der Waals surface area contributed by atoms with Gasteiger partial charge in [0, 0.05) is 31.7 Å². The smallest absolute Gasteiger partial charge is 0.329 e. The minimum absolute atomic E-state index is 0.378. The van der Waals surface area contributed by atoms with Crippen molar-refractivity contribution in [1.82, 2.24) is 24.4 Å². The highest BCUT2D eigenvalue weighted by molar-refractivity contribution is 6.31. The van der Waals surface area contributed by atoms with E-state index in [1.54, 1.807) is 7.05 Å². The van der Waals surface area contributed by atoms with Gasteiger partial charge in [0.2, 0.25) is 5.95 Å². The van der Waals surface area contributed by atoms with Crippen molar-refractivity contribution in [1.29, 1.82) is 0 Å². The summed E-state index contributed by atoms with van der Waals surface area (Å²) >= 11 is 6.35. The molecule has 0 spiro atoms. The normalized spacial score (nSPS) is 15.3. The van der Waals surface area contributed by atoms with Crippen LogP contribution in [0.3, 0.4) is 0 Å². The number of benzene rings is 1. The summed E-state index contributed by atoms with van der Waals surface area (Å²) in [6.07, 6.45) is 0.977. The lowest BCUT2D eigenvalue weighted by molar-refractivity contribution is 0.721. The predicted octanol–water partition coefficient (Wildman–Crippen LogP) is 0.925. The van der Waals surface area contributed by atoms with Gasteiger partial charge in [0.1, 0.15) is 0 Å². The lowest BCUT2D eigenvalue weighted by Crippen LogP contribution is -2.31. The van der Waals surface area contributed by atoms with E-state index in [1.807, 2.05) is 28.8 Å². The lowest BCUT2D eigenvalue weighted by Gasteiger charge is -2.22. The molecule has 0 amide bonds. The zero-order valence-corrected chi connectivity index (χ0v) is 15.8. The summed E-state index contributed by atoms with van der Waals surface area (Å²) in [5.74, 6) is 0.681. The van der Waals surface area contributed by atoms with Crippen LogP contribution in [-0.2, 0) is 13.6 Å². The first kappa shape index (κ1) is 17.8. The standard InChI is InChI=1S/C18H21ClN6O2/c1-23-15-14(16(26)22-18(23)27)25(11-12-5-2-3-6-13(12)19)17(21-15)24-9-4-7-20-8-10-24/h2-3,5-6,20H,4,7-11H2,1H3,(H,22,26,27). The molecule has 27 heavy (non-hydrogen) atoms. The van der Waals surface area contributed by atoms with Crippen molar-refractivity contribution in [3.05, 3.63) is 55.7 Å². The summed E-state index contributed by atoms with van der Waals surface area (Å²) in [5.41, 5.74) is 0.735. The molecule has 8 nitrogen and oxygen atoms in total. The van der Waals surface area contributed by atoms with Crippen LogP contribution in [0.25, 0.3) is 11.2 Å². The number of aromatic amines is 1. The maximum atomic E-state index is 12.6. The molecular weight excluding hydrogens is 368 g/mol. The number of nitrogens with zero attached hydrogens (tertiary/aromatic N) is 4. The molecule has 0 aliphatic carbocycles. The fourth-order valence-corrected chi connectivity index (χ4v) is 3.65. The van der Waals surface area contributed by atoms with Gasteiger partial charge in [-0.15, -0.1) is 0 Å². The van der Waals surface area contributed by atoms with Crippen molar-refractivity contribution in [2.24, 2.45) is 7.05 Å². The molecular formula is C18H21ClN6O2. The van der Waals surface area contributed by atoms with Gasteiger partial charge in [-0.1, -0.05) is 29.8 Å². The van der Waals surface area contributed by atoms with Gasteiger partial charge in [-0.2, -0.15) is 4.98 Å². The van der Waals surface area contributed by atoms with Crippen molar-refractivity contribution in [2.75, 3.05) is 31.1 Å². The van der Waals surface area contributed by atoms with Crippen LogP contribution >= 0.6 is 11.6 Å². The molecule has 0 bridgehead atoms. The molecule has 2 N–H and O–H groups in total. The van der Waals surface area contributed by atoms with E-state index in [4.69, 9.17) is 11.6 Å². The second kappa shape index (κ2) is 7.21. The molecule has 1 fully saturated rings. The Balaban J connectivity index is 1.94. The third-order valence-corrected chi connectivity index (χ3v) is 5.26. The van der Waals surface area contributed by atoms with Gasteiger partial charge >= 0.3 is 5.69 Å². The van der Waals surface area contributed by atoms with Gasteiger partial charge in [-0.3, -0.25) is 18.9 Å². The quantitative estimate of drug-likeness (QED) is 0.696. The number of halogens is 1. The molecule has 4 rings (SSSR count). The number of anilines is 1. The maximum Gasteiger partial charge on any atom is 0.329 e. The maximum absolute atomic E-state index is 12.6. The Morgan fingerprint density at radius 3 is 2.81 bits per heavy atom.